The maximum Gasteiger partial charge on any atom is 0.353 e. The number of carboxylic acid groups (broad SMARTS) is 1. The first-order chi connectivity index (χ1) is 11.3. The van der Waals surface area contributed by atoms with E-state index in [1.165, 1.54) is 16.7 Å². The van der Waals surface area contributed by atoms with Crippen molar-refractivity contribution >= 4 is 32.0 Å². The van der Waals surface area contributed by atoms with Crippen molar-refractivity contribution in [2.75, 3.05) is 5.75 Å². The van der Waals surface area contributed by atoms with Gasteiger partial charge in [0.1, 0.15) is 5.70 Å². The fraction of sp³-hybridized carbons (Fsp3) is 0.778. The highest BCUT2D eigenvalue weighted by atomic mass is 32.2. The van der Waals surface area contributed by atoms with E-state index in [-0.39, 0.29) is 40.6 Å². The monoisotopic (exact) mass is 385 g/mol. The van der Waals surface area contributed by atoms with Crippen LogP contribution in [0.3, 0.4) is 0 Å². The van der Waals surface area contributed by atoms with Crippen LogP contribution >= 0.6 is 11.8 Å². The Balaban J connectivity index is 2.24. The van der Waals surface area contributed by atoms with Crippen LogP contribution in [0, 0.1) is 11.8 Å². The number of hydrogen-bond acceptors (Lipinski definition) is 4. The predicted octanol–water partition coefficient (Wildman–Crippen LogP) is 3.92. The van der Waals surface area contributed by atoms with E-state index in [1.807, 2.05) is 20.8 Å². The summed E-state index contributed by atoms with van der Waals surface area (Å²) in [6, 6.07) is -0.0904. The van der Waals surface area contributed by atoms with Gasteiger partial charge in [-0.25, -0.2) is 4.79 Å². The Kier molecular flexibility index (Phi) is 5.53. The second-order valence-electron chi connectivity index (χ2n) is 8.55. The molecular formula is C18H31NO4SSi. The summed E-state index contributed by atoms with van der Waals surface area (Å²) in [6.45, 7) is 16.9. The number of thioether (sulfide) groups is 1. The number of amides is 1. The van der Waals surface area contributed by atoms with Gasteiger partial charge in [-0.2, -0.15) is 0 Å². The lowest BCUT2D eigenvalue weighted by atomic mass is 9.79. The molecule has 2 heterocycles. The summed E-state index contributed by atoms with van der Waals surface area (Å²) in [7, 11) is -1.99. The summed E-state index contributed by atoms with van der Waals surface area (Å²) in [5.74, 6) is -0.522. The second-order valence-corrected chi connectivity index (χ2v) is 14.6. The van der Waals surface area contributed by atoms with Crippen LogP contribution in [0.15, 0.2) is 10.6 Å². The third kappa shape index (κ3) is 3.30. The van der Waals surface area contributed by atoms with Crippen LogP contribution in [0.5, 0.6) is 0 Å². The van der Waals surface area contributed by atoms with Gasteiger partial charge in [0.15, 0.2) is 8.32 Å². The third-order valence-electron chi connectivity index (χ3n) is 5.88. The highest BCUT2D eigenvalue weighted by molar-refractivity contribution is 8.03. The van der Waals surface area contributed by atoms with Gasteiger partial charge in [0, 0.05) is 10.8 Å². The zero-order chi connectivity index (χ0) is 19.3. The third-order valence-corrected chi connectivity index (χ3v) is 11.6. The van der Waals surface area contributed by atoms with Crippen LogP contribution in [0.1, 0.15) is 41.5 Å². The number of fused-ring (bicyclic) bond motifs is 1. The molecule has 4 atom stereocenters. The molecule has 5 nitrogen and oxygen atoms in total. The average Bonchev–Trinajstić information content (AvgIpc) is 2.68. The Hall–Kier alpha value is -0.793. The van der Waals surface area contributed by atoms with E-state index >= 15 is 0 Å². The molecule has 0 unspecified atom stereocenters. The predicted molar refractivity (Wildman–Crippen MR) is 104 cm³/mol. The van der Waals surface area contributed by atoms with Crippen LogP contribution in [0.25, 0.3) is 0 Å². The molecule has 142 valence electrons. The summed E-state index contributed by atoms with van der Waals surface area (Å²) in [4.78, 5) is 26.8. The van der Waals surface area contributed by atoms with Gasteiger partial charge in [0.05, 0.1) is 18.1 Å². The van der Waals surface area contributed by atoms with E-state index in [4.69, 9.17) is 4.43 Å². The Labute approximate surface area is 156 Å². The highest BCUT2D eigenvalue weighted by Crippen LogP contribution is 2.51. The van der Waals surface area contributed by atoms with Gasteiger partial charge in [-0.05, 0) is 30.8 Å². The molecule has 2 rings (SSSR count). The fourth-order valence-corrected chi connectivity index (χ4v) is 6.04. The molecule has 1 saturated heterocycles. The zero-order valence-electron chi connectivity index (χ0n) is 16.5. The first kappa shape index (κ1) is 20.5. The molecule has 1 N–H and O–H groups in total. The van der Waals surface area contributed by atoms with Crippen molar-refractivity contribution in [3.63, 3.8) is 0 Å². The number of nitrogens with zero attached hydrogens (tertiary/aromatic N) is 1. The van der Waals surface area contributed by atoms with Gasteiger partial charge in [-0.3, -0.25) is 4.79 Å². The topological polar surface area (TPSA) is 66.8 Å². The van der Waals surface area contributed by atoms with E-state index < -0.39 is 14.3 Å². The summed E-state index contributed by atoms with van der Waals surface area (Å²) in [5, 5.41) is 9.67. The first-order valence-electron chi connectivity index (χ1n) is 8.96. The van der Waals surface area contributed by atoms with E-state index in [1.54, 1.807) is 0 Å². The minimum Gasteiger partial charge on any atom is -0.477 e. The van der Waals surface area contributed by atoms with Crippen molar-refractivity contribution in [1.29, 1.82) is 0 Å². The zero-order valence-corrected chi connectivity index (χ0v) is 18.4. The van der Waals surface area contributed by atoms with Gasteiger partial charge < -0.3 is 14.4 Å². The van der Waals surface area contributed by atoms with Crippen molar-refractivity contribution < 1.29 is 19.1 Å². The Morgan fingerprint density at radius 2 is 1.96 bits per heavy atom. The normalized spacial score (nSPS) is 28.1. The maximum absolute atomic E-state index is 12.8. The Morgan fingerprint density at radius 1 is 1.40 bits per heavy atom. The van der Waals surface area contributed by atoms with Gasteiger partial charge in [-0.15, -0.1) is 11.8 Å². The van der Waals surface area contributed by atoms with Gasteiger partial charge in [0.2, 0.25) is 5.91 Å². The number of aliphatic carboxylic acids is 1. The Bertz CT molecular complexity index is 611. The molecule has 1 amide bonds. The largest absolute Gasteiger partial charge is 0.477 e. The van der Waals surface area contributed by atoms with Crippen molar-refractivity contribution in [1.82, 2.24) is 4.90 Å². The molecule has 0 saturated carbocycles. The number of β-lactam (4-membered cyclic amide) rings is 1. The van der Waals surface area contributed by atoms with E-state index in [0.717, 1.165) is 10.7 Å². The molecule has 1 fully saturated rings. The van der Waals surface area contributed by atoms with Crippen LogP contribution in [-0.4, -0.2) is 48.1 Å². The molecule has 0 aromatic carbocycles. The molecule has 0 spiro atoms. The summed E-state index contributed by atoms with van der Waals surface area (Å²) < 4.78 is 6.44. The Morgan fingerprint density at radius 3 is 2.40 bits per heavy atom. The molecular weight excluding hydrogens is 354 g/mol. The number of hydrogen-bond donors (Lipinski definition) is 1. The molecule has 2 aliphatic heterocycles. The van der Waals surface area contributed by atoms with Crippen LogP contribution < -0.4 is 0 Å². The van der Waals surface area contributed by atoms with Crippen molar-refractivity contribution in [3.05, 3.63) is 10.6 Å². The van der Waals surface area contributed by atoms with Crippen LogP contribution in [0.4, 0.5) is 0 Å². The average molecular weight is 386 g/mol. The first-order valence-corrected chi connectivity index (χ1v) is 12.9. The molecule has 0 aliphatic carbocycles. The lowest BCUT2D eigenvalue weighted by Gasteiger charge is -2.50. The summed E-state index contributed by atoms with van der Waals surface area (Å²) in [6.07, 6.45) is -0.196. The number of carbonyl (C=O) groups excluding carboxylic acids is 1. The minimum absolute atomic E-state index is 0.0456. The van der Waals surface area contributed by atoms with Gasteiger partial charge in [-0.1, -0.05) is 34.6 Å². The van der Waals surface area contributed by atoms with E-state index in [9.17, 15) is 14.7 Å². The maximum atomic E-state index is 12.8. The fourth-order valence-electron chi connectivity index (χ4n) is 3.57. The van der Waals surface area contributed by atoms with E-state index in [0.29, 0.717) is 0 Å². The number of carboxylic acids is 1. The van der Waals surface area contributed by atoms with Gasteiger partial charge in [0.25, 0.3) is 0 Å². The number of rotatable bonds is 6. The van der Waals surface area contributed by atoms with Crippen molar-refractivity contribution in [2.24, 2.45) is 11.8 Å². The standard InChI is InChI=1S/C18H31NO4SSi/c1-9-24-15-10(2)13-12(16(20)19(13)14(15)17(21)22)11(3)23-25(7,8)18(4,5)6/h10-13H,9H2,1-8H3,(H,21,22)/t10-,11-,12-,13-/m1/s1. The molecule has 7 heteroatoms. The lowest BCUT2D eigenvalue weighted by molar-refractivity contribution is -0.162. The molecule has 0 aromatic rings. The molecule has 0 aromatic heterocycles. The lowest BCUT2D eigenvalue weighted by Crippen LogP contribution is -2.65. The van der Waals surface area contributed by atoms with Crippen LogP contribution in [0.2, 0.25) is 18.1 Å². The second kappa shape index (κ2) is 6.74. The molecule has 2 aliphatic rings. The van der Waals surface area contributed by atoms with Crippen molar-refractivity contribution in [3.8, 4) is 0 Å². The van der Waals surface area contributed by atoms with Crippen molar-refractivity contribution in [2.45, 2.75) is 71.8 Å². The highest BCUT2D eigenvalue weighted by Gasteiger charge is 2.61. The minimum atomic E-state index is -1.99. The smallest absolute Gasteiger partial charge is 0.353 e. The quantitative estimate of drug-likeness (QED) is 0.554. The molecule has 25 heavy (non-hydrogen) atoms. The van der Waals surface area contributed by atoms with Gasteiger partial charge >= 0.3 is 5.97 Å². The summed E-state index contributed by atoms with van der Waals surface area (Å²) >= 11 is 1.54. The number of carbonyl (C=O) groups is 2. The molecule has 0 bridgehead atoms. The molecule has 0 radical (unpaired) electrons. The SMILES string of the molecule is CCSC1=C(C(=O)O)N2C(=O)[C@H]([C@@H](C)O[Si](C)(C)C(C)(C)C)[C@H]2[C@H]1C. The van der Waals surface area contributed by atoms with Crippen LogP contribution in [-0.2, 0) is 14.0 Å². The summed E-state index contributed by atoms with van der Waals surface area (Å²) in [5.41, 5.74) is 0.185. The van der Waals surface area contributed by atoms with E-state index in [2.05, 4.69) is 33.9 Å².